The fourth-order valence-corrected chi connectivity index (χ4v) is 9.17. The van der Waals surface area contributed by atoms with Crippen LogP contribution in [0.2, 0.25) is 0 Å². The Bertz CT molecular complexity index is 1800. The first-order valence-corrected chi connectivity index (χ1v) is 34.3. The Hall–Kier alpha value is -4.71. The molecular formula is C77H126O6. The van der Waals surface area contributed by atoms with Gasteiger partial charge in [-0.3, -0.25) is 14.4 Å². The molecule has 0 saturated carbocycles. The average Bonchev–Trinajstić information content (AvgIpc) is 3.49. The second-order valence-corrected chi connectivity index (χ2v) is 22.3. The number of hydrogen-bond donors (Lipinski definition) is 0. The van der Waals surface area contributed by atoms with Crippen molar-refractivity contribution in [3.8, 4) is 0 Å². The molecule has 0 bridgehead atoms. The smallest absolute Gasteiger partial charge is 0.306 e. The van der Waals surface area contributed by atoms with Crippen molar-refractivity contribution in [2.24, 2.45) is 0 Å². The van der Waals surface area contributed by atoms with Crippen molar-refractivity contribution in [1.82, 2.24) is 0 Å². The van der Waals surface area contributed by atoms with Crippen LogP contribution in [0, 0.1) is 0 Å². The first-order valence-electron chi connectivity index (χ1n) is 34.3. The van der Waals surface area contributed by atoms with E-state index in [9.17, 15) is 14.4 Å². The zero-order valence-corrected chi connectivity index (χ0v) is 53.9. The van der Waals surface area contributed by atoms with Gasteiger partial charge in [-0.15, -0.1) is 0 Å². The van der Waals surface area contributed by atoms with Gasteiger partial charge in [0, 0.05) is 19.3 Å². The monoisotopic (exact) mass is 1150 g/mol. The third-order valence-corrected chi connectivity index (χ3v) is 14.3. The van der Waals surface area contributed by atoms with Crippen LogP contribution >= 0.6 is 0 Å². The molecule has 0 aromatic heterocycles. The van der Waals surface area contributed by atoms with E-state index in [2.05, 4.69) is 167 Å². The highest BCUT2D eigenvalue weighted by Gasteiger charge is 2.19. The lowest BCUT2D eigenvalue weighted by Crippen LogP contribution is -2.30. The maximum atomic E-state index is 12.9. The van der Waals surface area contributed by atoms with Gasteiger partial charge in [-0.25, -0.2) is 0 Å². The predicted molar refractivity (Wildman–Crippen MR) is 362 cm³/mol. The van der Waals surface area contributed by atoms with Crippen molar-refractivity contribution in [2.75, 3.05) is 13.2 Å². The van der Waals surface area contributed by atoms with Gasteiger partial charge in [-0.2, -0.15) is 0 Å². The van der Waals surface area contributed by atoms with Crippen molar-refractivity contribution in [1.29, 1.82) is 0 Å². The van der Waals surface area contributed by atoms with Gasteiger partial charge in [0.2, 0.25) is 0 Å². The van der Waals surface area contributed by atoms with E-state index < -0.39 is 6.10 Å². The van der Waals surface area contributed by atoms with Gasteiger partial charge in [0.25, 0.3) is 0 Å². The van der Waals surface area contributed by atoms with Gasteiger partial charge in [0.15, 0.2) is 6.10 Å². The topological polar surface area (TPSA) is 78.9 Å². The van der Waals surface area contributed by atoms with Gasteiger partial charge >= 0.3 is 17.9 Å². The Balaban J connectivity index is 4.38. The molecule has 83 heavy (non-hydrogen) atoms. The van der Waals surface area contributed by atoms with E-state index in [4.69, 9.17) is 14.2 Å². The average molecular weight is 1150 g/mol. The van der Waals surface area contributed by atoms with Crippen LogP contribution in [-0.4, -0.2) is 37.2 Å². The van der Waals surface area contributed by atoms with E-state index in [1.165, 1.54) is 96.3 Å². The molecule has 0 radical (unpaired) electrons. The van der Waals surface area contributed by atoms with Crippen LogP contribution in [0.5, 0.6) is 0 Å². The molecule has 0 spiro atoms. The van der Waals surface area contributed by atoms with Crippen molar-refractivity contribution in [2.45, 2.75) is 309 Å². The summed E-state index contributed by atoms with van der Waals surface area (Å²) in [6, 6.07) is 0. The molecule has 0 heterocycles. The van der Waals surface area contributed by atoms with Crippen LogP contribution in [0.4, 0.5) is 0 Å². The molecule has 0 aliphatic heterocycles. The van der Waals surface area contributed by atoms with E-state index in [-0.39, 0.29) is 31.1 Å². The summed E-state index contributed by atoms with van der Waals surface area (Å²) in [7, 11) is 0. The molecule has 0 rings (SSSR count). The van der Waals surface area contributed by atoms with Crippen LogP contribution in [-0.2, 0) is 28.6 Å². The predicted octanol–water partition coefficient (Wildman–Crippen LogP) is 23.9. The lowest BCUT2D eigenvalue weighted by molar-refractivity contribution is -0.167. The van der Waals surface area contributed by atoms with Crippen LogP contribution in [0.3, 0.4) is 0 Å². The fourth-order valence-electron chi connectivity index (χ4n) is 9.17. The summed E-state index contributed by atoms with van der Waals surface area (Å²) in [6.07, 6.45) is 100.0. The second kappa shape index (κ2) is 69.8. The molecule has 0 aliphatic carbocycles. The summed E-state index contributed by atoms with van der Waals surface area (Å²) >= 11 is 0. The molecule has 1 atom stereocenters. The van der Waals surface area contributed by atoms with Crippen LogP contribution < -0.4 is 0 Å². The normalized spacial score (nSPS) is 13.0. The molecule has 0 saturated heterocycles. The molecule has 0 aromatic rings. The molecule has 6 heteroatoms. The zero-order chi connectivity index (χ0) is 59.9. The standard InChI is InChI=1S/C77H126O6/c1-4-7-10-13-16-19-22-25-28-31-32-33-34-35-36-37-38-39-40-41-42-43-44-45-46-47-50-52-55-58-61-64-67-70-76(79)82-73-74(83-77(80)71-68-65-62-59-56-53-49-30-27-24-21-18-15-12-9-6-3)72-81-75(78)69-66-63-60-57-54-51-48-29-26-23-20-17-14-11-8-5-2/h7,10,16,19,21,24-25,28-30,32-33,35-36,38-39,41-42,44-45,47-50,74H,4-6,8-9,11-15,17-18,20,22-23,26-27,31,34,37,40,43,46,51-73H2,1-3H3/b10-7-,19-16-,24-21-,28-25-,33-32-,36-35-,39-38-,42-41-,45-44-,48-29-,49-30-,50-47-. The highest BCUT2D eigenvalue weighted by Crippen LogP contribution is 2.15. The number of carbonyl (C=O) groups is 3. The number of allylic oxidation sites excluding steroid dienone is 24. The van der Waals surface area contributed by atoms with Crippen molar-refractivity contribution in [3.63, 3.8) is 0 Å². The summed E-state index contributed by atoms with van der Waals surface area (Å²) in [4.78, 5) is 38.4. The van der Waals surface area contributed by atoms with Gasteiger partial charge in [-0.1, -0.05) is 282 Å². The fraction of sp³-hybridized carbons (Fsp3) is 0.649. The Kier molecular flexibility index (Phi) is 65.8. The lowest BCUT2D eigenvalue weighted by atomic mass is 10.1. The second-order valence-electron chi connectivity index (χ2n) is 22.3. The number of unbranched alkanes of at least 4 members (excludes halogenated alkanes) is 26. The number of hydrogen-bond acceptors (Lipinski definition) is 6. The molecule has 0 fully saturated rings. The molecule has 1 unspecified atom stereocenters. The molecule has 0 aromatic carbocycles. The minimum Gasteiger partial charge on any atom is -0.462 e. The molecular weight excluding hydrogens is 1020 g/mol. The van der Waals surface area contributed by atoms with E-state index in [1.807, 2.05) is 0 Å². The maximum Gasteiger partial charge on any atom is 0.306 e. The van der Waals surface area contributed by atoms with Crippen LogP contribution in [0.15, 0.2) is 146 Å². The maximum absolute atomic E-state index is 12.9. The highest BCUT2D eigenvalue weighted by atomic mass is 16.6. The first kappa shape index (κ1) is 78.3. The molecule has 6 nitrogen and oxygen atoms in total. The van der Waals surface area contributed by atoms with Crippen molar-refractivity contribution >= 4 is 17.9 Å². The largest absolute Gasteiger partial charge is 0.462 e. The van der Waals surface area contributed by atoms with E-state index in [1.54, 1.807) is 0 Å². The third kappa shape index (κ3) is 68.0. The van der Waals surface area contributed by atoms with E-state index >= 15 is 0 Å². The van der Waals surface area contributed by atoms with E-state index in [0.717, 1.165) is 167 Å². The molecule has 0 amide bonds. The zero-order valence-electron chi connectivity index (χ0n) is 53.9. The Morgan fingerprint density at radius 3 is 0.759 bits per heavy atom. The van der Waals surface area contributed by atoms with Crippen LogP contribution in [0.25, 0.3) is 0 Å². The summed E-state index contributed by atoms with van der Waals surface area (Å²) in [5, 5.41) is 0. The van der Waals surface area contributed by atoms with Gasteiger partial charge in [-0.05, 0) is 148 Å². The Morgan fingerprint density at radius 2 is 0.470 bits per heavy atom. The Morgan fingerprint density at radius 1 is 0.253 bits per heavy atom. The van der Waals surface area contributed by atoms with Crippen molar-refractivity contribution in [3.05, 3.63) is 146 Å². The Labute approximate surface area is 512 Å². The number of ether oxygens (including phenoxy) is 3. The lowest BCUT2D eigenvalue weighted by Gasteiger charge is -2.18. The summed E-state index contributed by atoms with van der Waals surface area (Å²) in [5.74, 6) is -0.935. The summed E-state index contributed by atoms with van der Waals surface area (Å²) in [5.41, 5.74) is 0. The molecule has 0 N–H and O–H groups in total. The van der Waals surface area contributed by atoms with Gasteiger partial charge in [0.05, 0.1) is 0 Å². The van der Waals surface area contributed by atoms with E-state index in [0.29, 0.717) is 19.3 Å². The minimum absolute atomic E-state index is 0.0975. The molecule has 0 aliphatic rings. The number of rotatable bonds is 61. The quantitative estimate of drug-likeness (QED) is 0.0261. The number of esters is 3. The minimum atomic E-state index is -0.804. The van der Waals surface area contributed by atoms with Crippen LogP contribution in [0.1, 0.15) is 303 Å². The van der Waals surface area contributed by atoms with Gasteiger partial charge < -0.3 is 14.2 Å². The SMILES string of the molecule is CC/C=C\C/C=C\C/C=C\C/C=C\C/C=C\C/C=C\C/C=C\C/C=C\C/C=C\CCCCCCCC(=O)OCC(COC(=O)CCCCCCC/C=C\CCCCCCCCC)OC(=O)CCCCCCC/C=C\C/C=C\CCCCCC. The van der Waals surface area contributed by atoms with Gasteiger partial charge in [0.1, 0.15) is 13.2 Å². The number of carbonyl (C=O) groups excluding carboxylic acids is 3. The highest BCUT2D eigenvalue weighted by molar-refractivity contribution is 5.71. The molecule has 470 valence electrons. The van der Waals surface area contributed by atoms with Crippen molar-refractivity contribution < 1.29 is 28.6 Å². The third-order valence-electron chi connectivity index (χ3n) is 14.3. The first-order chi connectivity index (χ1) is 41.0. The summed E-state index contributed by atoms with van der Waals surface area (Å²) in [6.45, 7) is 6.48. The summed E-state index contributed by atoms with van der Waals surface area (Å²) < 4.78 is 16.9.